The molecule has 0 saturated carbocycles. The summed E-state index contributed by atoms with van der Waals surface area (Å²) in [5, 5.41) is 14.0. The predicted octanol–water partition coefficient (Wildman–Crippen LogP) is 1.92. The van der Waals surface area contributed by atoms with Crippen LogP contribution >= 0.6 is 11.3 Å². The second kappa shape index (κ2) is 5.55. The zero-order valence-electron chi connectivity index (χ0n) is 10.6. The molecule has 1 saturated heterocycles. The third-order valence-corrected chi connectivity index (χ3v) is 6.20. The van der Waals surface area contributed by atoms with Gasteiger partial charge < -0.3 is 5.32 Å². The molecule has 106 valence electrons. The van der Waals surface area contributed by atoms with Crippen LogP contribution in [-0.4, -0.2) is 33.0 Å². The van der Waals surface area contributed by atoms with E-state index < -0.39 is 15.7 Å². The van der Waals surface area contributed by atoms with E-state index in [1.54, 1.807) is 6.07 Å². The molecular weight excluding hydrogens is 298 g/mol. The highest BCUT2D eigenvalue weighted by Gasteiger charge is 2.20. The van der Waals surface area contributed by atoms with Crippen LogP contribution < -0.4 is 5.32 Å². The molecule has 3 rings (SSSR count). The number of nitro benzene ring substituents is 1. The minimum absolute atomic E-state index is 0.0140. The summed E-state index contributed by atoms with van der Waals surface area (Å²) in [6.07, 6.45) is 1.04. The number of thiazole rings is 1. The molecule has 0 bridgehead atoms. The van der Waals surface area contributed by atoms with E-state index >= 15 is 0 Å². The smallest absolute Gasteiger partial charge is 0.271 e. The van der Waals surface area contributed by atoms with Gasteiger partial charge in [0.25, 0.3) is 5.69 Å². The average molecular weight is 311 g/mol. The molecule has 20 heavy (non-hydrogen) atoms. The van der Waals surface area contributed by atoms with Crippen LogP contribution in [0.3, 0.4) is 0 Å². The molecule has 0 spiro atoms. The van der Waals surface area contributed by atoms with Gasteiger partial charge in [0.2, 0.25) is 0 Å². The van der Waals surface area contributed by atoms with Gasteiger partial charge in [-0.05, 0) is 31.5 Å². The van der Waals surface area contributed by atoms with Crippen molar-refractivity contribution < 1.29 is 9.13 Å². The maximum Gasteiger partial charge on any atom is 0.271 e. The van der Waals surface area contributed by atoms with Gasteiger partial charge in [0.05, 0.1) is 25.9 Å². The Balaban J connectivity index is 1.84. The van der Waals surface area contributed by atoms with Gasteiger partial charge in [0.15, 0.2) is 4.34 Å². The number of non-ortho nitro benzene ring substituents is 1. The number of rotatable bonds is 4. The number of fused-ring (bicyclic) bond motifs is 1. The summed E-state index contributed by atoms with van der Waals surface area (Å²) >= 11 is 1.35. The second-order valence-electron chi connectivity index (χ2n) is 4.76. The van der Waals surface area contributed by atoms with Crippen molar-refractivity contribution in [3.63, 3.8) is 0 Å². The molecule has 6 nitrogen and oxygen atoms in total. The van der Waals surface area contributed by atoms with Crippen LogP contribution in [0.1, 0.15) is 6.42 Å². The molecular formula is C12H13N3O3S2. The summed E-state index contributed by atoms with van der Waals surface area (Å²) < 4.78 is 13.7. The minimum Gasteiger partial charge on any atom is -0.316 e. The van der Waals surface area contributed by atoms with Crippen molar-refractivity contribution in [2.24, 2.45) is 5.92 Å². The van der Waals surface area contributed by atoms with Crippen LogP contribution in [0, 0.1) is 16.0 Å². The van der Waals surface area contributed by atoms with Gasteiger partial charge in [0.1, 0.15) is 0 Å². The molecule has 1 aromatic heterocycles. The van der Waals surface area contributed by atoms with Crippen molar-refractivity contribution in [1.82, 2.24) is 10.3 Å². The maximum absolute atomic E-state index is 12.3. The lowest BCUT2D eigenvalue weighted by Crippen LogP contribution is -2.14. The normalized spacial score (nSPS) is 20.3. The summed E-state index contributed by atoms with van der Waals surface area (Å²) in [6, 6.07) is 4.56. The number of hydrogen-bond acceptors (Lipinski definition) is 6. The number of aromatic nitrogens is 1. The standard InChI is InChI=1S/C12H13N3O3S2/c16-15(17)9-1-2-11-10(5-9)14-12(19-11)20(18)7-8-3-4-13-6-8/h1-2,5,8,13H,3-4,6-7H2/t8-,20-/m1/s1. The summed E-state index contributed by atoms with van der Waals surface area (Å²) in [7, 11) is -1.13. The molecule has 1 aliphatic heterocycles. The van der Waals surface area contributed by atoms with Crippen molar-refractivity contribution in [3.8, 4) is 0 Å². The van der Waals surface area contributed by atoms with Crippen LogP contribution in [-0.2, 0) is 10.8 Å². The van der Waals surface area contributed by atoms with Gasteiger partial charge >= 0.3 is 0 Å². The maximum atomic E-state index is 12.3. The number of nitro groups is 1. The van der Waals surface area contributed by atoms with Gasteiger partial charge in [-0.1, -0.05) is 0 Å². The summed E-state index contributed by atoms with van der Waals surface area (Å²) in [5.41, 5.74) is 0.567. The Labute approximate surface area is 121 Å². The Bertz CT molecular complexity index is 680. The Morgan fingerprint density at radius 1 is 1.55 bits per heavy atom. The average Bonchev–Trinajstić information content (AvgIpc) is 3.05. The first kappa shape index (κ1) is 13.6. The van der Waals surface area contributed by atoms with Crippen molar-refractivity contribution in [3.05, 3.63) is 28.3 Å². The summed E-state index contributed by atoms with van der Waals surface area (Å²) in [6.45, 7) is 1.88. The predicted molar refractivity (Wildman–Crippen MR) is 78.5 cm³/mol. The highest BCUT2D eigenvalue weighted by atomic mass is 32.2. The number of benzene rings is 1. The lowest BCUT2D eigenvalue weighted by atomic mass is 10.2. The van der Waals surface area contributed by atoms with Gasteiger partial charge in [-0.25, -0.2) is 4.98 Å². The van der Waals surface area contributed by atoms with Crippen LogP contribution in [0.4, 0.5) is 5.69 Å². The quantitative estimate of drug-likeness (QED) is 0.689. The molecule has 1 fully saturated rings. The molecule has 0 amide bonds. The SMILES string of the molecule is O=[N+]([O-])c1ccc2sc([S@](=O)C[C@@H]3CCNC3)nc2c1. The topological polar surface area (TPSA) is 85.1 Å². The third kappa shape index (κ3) is 2.72. The first-order valence-electron chi connectivity index (χ1n) is 6.27. The largest absolute Gasteiger partial charge is 0.316 e. The van der Waals surface area contributed by atoms with E-state index in [0.29, 0.717) is 21.5 Å². The Morgan fingerprint density at radius 2 is 2.40 bits per heavy atom. The second-order valence-corrected chi connectivity index (χ2v) is 7.46. The van der Waals surface area contributed by atoms with E-state index in [4.69, 9.17) is 0 Å². The van der Waals surface area contributed by atoms with Crippen LogP contribution in [0.15, 0.2) is 22.5 Å². The zero-order chi connectivity index (χ0) is 14.1. The first-order valence-corrected chi connectivity index (χ1v) is 8.41. The lowest BCUT2D eigenvalue weighted by molar-refractivity contribution is -0.384. The zero-order valence-corrected chi connectivity index (χ0v) is 12.2. The lowest BCUT2D eigenvalue weighted by Gasteiger charge is -2.04. The molecule has 2 aromatic rings. The monoisotopic (exact) mass is 311 g/mol. The fourth-order valence-electron chi connectivity index (χ4n) is 2.25. The van der Waals surface area contributed by atoms with Crippen molar-refractivity contribution in [2.45, 2.75) is 10.8 Å². The van der Waals surface area contributed by atoms with Crippen molar-refractivity contribution in [1.29, 1.82) is 0 Å². The van der Waals surface area contributed by atoms with Gasteiger partial charge in [-0.3, -0.25) is 14.3 Å². The van der Waals surface area contributed by atoms with Crippen LogP contribution in [0.5, 0.6) is 0 Å². The van der Waals surface area contributed by atoms with E-state index in [9.17, 15) is 14.3 Å². The number of nitrogens with zero attached hydrogens (tertiary/aromatic N) is 2. The van der Waals surface area contributed by atoms with Crippen molar-refractivity contribution in [2.75, 3.05) is 18.8 Å². The molecule has 0 unspecified atom stereocenters. The fourth-order valence-corrected chi connectivity index (χ4v) is 4.83. The van der Waals surface area contributed by atoms with Crippen LogP contribution in [0.25, 0.3) is 10.2 Å². The minimum atomic E-state index is -1.13. The molecule has 0 aliphatic carbocycles. The van der Waals surface area contributed by atoms with Crippen molar-refractivity contribution >= 4 is 38.0 Å². The fraction of sp³-hybridized carbons (Fsp3) is 0.417. The molecule has 2 heterocycles. The van der Waals surface area contributed by atoms with E-state index in [0.717, 1.165) is 24.2 Å². The third-order valence-electron chi connectivity index (χ3n) is 3.31. The highest BCUT2D eigenvalue weighted by Crippen LogP contribution is 2.28. The van der Waals surface area contributed by atoms with E-state index in [1.165, 1.54) is 23.5 Å². The first-order chi connectivity index (χ1) is 9.63. The van der Waals surface area contributed by atoms with E-state index in [1.807, 2.05) is 0 Å². The molecule has 2 atom stereocenters. The Hall–Kier alpha value is -1.38. The number of hydrogen-bond donors (Lipinski definition) is 1. The van der Waals surface area contributed by atoms with Gasteiger partial charge in [0, 0.05) is 17.9 Å². The Morgan fingerprint density at radius 3 is 3.10 bits per heavy atom. The highest BCUT2D eigenvalue weighted by molar-refractivity contribution is 7.87. The van der Waals surface area contributed by atoms with Gasteiger partial charge in [-0.15, -0.1) is 11.3 Å². The van der Waals surface area contributed by atoms with Gasteiger partial charge in [-0.2, -0.15) is 0 Å². The molecule has 1 aliphatic rings. The van der Waals surface area contributed by atoms with E-state index in [2.05, 4.69) is 10.3 Å². The Kier molecular flexibility index (Phi) is 3.77. The molecule has 8 heteroatoms. The van der Waals surface area contributed by atoms with E-state index in [-0.39, 0.29) is 5.69 Å². The van der Waals surface area contributed by atoms with Crippen LogP contribution in [0.2, 0.25) is 0 Å². The molecule has 0 radical (unpaired) electrons. The number of nitrogens with one attached hydrogen (secondary N) is 1. The summed E-state index contributed by atoms with van der Waals surface area (Å²) in [4.78, 5) is 14.6. The molecule has 1 aromatic carbocycles. The molecule has 1 N–H and O–H groups in total. The summed E-state index contributed by atoms with van der Waals surface area (Å²) in [5.74, 6) is 1.03.